The Hall–Kier alpha value is -2.32. The molecule has 5 nitrogen and oxygen atoms in total. The summed E-state index contributed by atoms with van der Waals surface area (Å²) in [5.41, 5.74) is 3.35. The summed E-state index contributed by atoms with van der Waals surface area (Å²) in [6.45, 7) is 10.9. The van der Waals surface area contributed by atoms with Crippen LogP contribution in [-0.4, -0.2) is 62.1 Å². The lowest BCUT2D eigenvalue weighted by Crippen LogP contribution is -2.64. The molecule has 4 rings (SSSR count). The molecule has 4 atom stereocenters. The minimum absolute atomic E-state index is 0.159. The fraction of sp³-hybridized carbons (Fsp3) is 0.500. The van der Waals surface area contributed by atoms with E-state index in [-0.39, 0.29) is 12.1 Å². The van der Waals surface area contributed by atoms with Gasteiger partial charge in [-0.25, -0.2) is 0 Å². The zero-order chi connectivity index (χ0) is 29.6. The van der Waals surface area contributed by atoms with Crippen molar-refractivity contribution in [3.63, 3.8) is 0 Å². The number of aliphatic hydroxyl groups excluding tert-OH is 1. The molecule has 0 aliphatic carbocycles. The van der Waals surface area contributed by atoms with Crippen molar-refractivity contribution >= 4 is 8.07 Å². The molecule has 0 saturated carbocycles. The number of unbranched alkanes of at least 4 members (excludes halogenated alkanes) is 3. The van der Waals surface area contributed by atoms with Crippen molar-refractivity contribution in [2.75, 3.05) is 19.7 Å². The van der Waals surface area contributed by atoms with Crippen molar-refractivity contribution in [1.82, 2.24) is 4.90 Å². The lowest BCUT2D eigenvalue weighted by molar-refractivity contribution is -0.193. The van der Waals surface area contributed by atoms with E-state index in [1.165, 1.54) is 25.3 Å². The van der Waals surface area contributed by atoms with E-state index in [0.717, 1.165) is 29.7 Å². The molecule has 0 amide bonds. The molecule has 3 aromatic carbocycles. The quantitative estimate of drug-likeness (QED) is 0.132. The van der Waals surface area contributed by atoms with Crippen LogP contribution < -0.4 is 0 Å². The second kappa shape index (κ2) is 17.1. The molecule has 1 fully saturated rings. The molecule has 1 aliphatic heterocycles. The van der Waals surface area contributed by atoms with E-state index in [2.05, 4.69) is 60.9 Å². The minimum Gasteiger partial charge on any atom is -0.389 e. The average Bonchev–Trinajstić information content (AvgIpc) is 2.99. The fourth-order valence-corrected chi connectivity index (χ4v) is 6.99. The first-order chi connectivity index (χ1) is 20.4. The molecule has 3 aromatic rings. The van der Waals surface area contributed by atoms with Crippen molar-refractivity contribution in [2.24, 2.45) is 0 Å². The predicted octanol–water partition coefficient (Wildman–Crippen LogP) is 7.32. The third-order valence-electron chi connectivity index (χ3n) is 8.10. The minimum atomic E-state index is -0.990. The van der Waals surface area contributed by atoms with Crippen molar-refractivity contribution in [3.8, 4) is 0 Å². The van der Waals surface area contributed by atoms with Gasteiger partial charge in [-0.05, 0) is 29.7 Å². The Bertz CT molecular complexity index is 1130. The first-order valence-electron chi connectivity index (χ1n) is 15.7. The van der Waals surface area contributed by atoms with E-state index >= 15 is 0 Å². The SMILES string of the molecule is C[Si](C)(C)CCCCCCN1C[C@H](OCc2ccccc2)[C@@H](OCc2ccccc2)[C@H](O)C1COCc1ccccc1. The molecule has 228 valence electrons. The van der Waals surface area contributed by atoms with Gasteiger partial charge in [0.05, 0.1) is 38.6 Å². The smallest absolute Gasteiger partial charge is 0.113 e. The third kappa shape index (κ3) is 11.1. The van der Waals surface area contributed by atoms with Gasteiger partial charge < -0.3 is 19.3 Å². The van der Waals surface area contributed by atoms with E-state index in [4.69, 9.17) is 14.2 Å². The molecule has 6 heteroatoms. The molecular formula is C36H51NO4Si. The molecule has 0 radical (unpaired) electrons. The molecule has 1 saturated heterocycles. The lowest BCUT2D eigenvalue weighted by Gasteiger charge is -2.46. The highest BCUT2D eigenvalue weighted by Gasteiger charge is 2.44. The molecule has 0 spiro atoms. The Kier molecular flexibility index (Phi) is 13.3. The van der Waals surface area contributed by atoms with E-state index in [1.54, 1.807) is 0 Å². The number of likely N-dealkylation sites (tertiary alicyclic amines) is 1. The first kappa shape index (κ1) is 32.6. The highest BCUT2D eigenvalue weighted by Crippen LogP contribution is 2.27. The lowest BCUT2D eigenvalue weighted by atomic mass is 9.93. The Morgan fingerprint density at radius 1 is 0.690 bits per heavy atom. The fourth-order valence-electron chi connectivity index (χ4n) is 5.68. The monoisotopic (exact) mass is 589 g/mol. The van der Waals surface area contributed by atoms with Crippen LogP contribution in [0, 0.1) is 0 Å². The van der Waals surface area contributed by atoms with Crippen molar-refractivity contribution < 1.29 is 19.3 Å². The summed E-state index contributed by atoms with van der Waals surface area (Å²) in [6.07, 6.45) is 3.47. The Morgan fingerprint density at radius 2 is 1.21 bits per heavy atom. The van der Waals surface area contributed by atoms with Crippen molar-refractivity contribution in [2.45, 2.75) is 95.5 Å². The maximum atomic E-state index is 11.9. The standard InChI is InChI=1S/C36H51NO4Si/c1-42(2,3)24-16-5-4-15-23-37-25-34(40-27-31-19-11-7-12-20-31)36(41-28-32-21-13-8-14-22-32)35(38)33(37)29-39-26-30-17-9-6-10-18-30/h6-14,17-22,33-36,38H,4-5,15-16,23-29H2,1-3H3/t33?,34-,35+,36+/m0/s1. The highest BCUT2D eigenvalue weighted by atomic mass is 28.3. The van der Waals surface area contributed by atoms with Gasteiger partial charge in [-0.2, -0.15) is 0 Å². The van der Waals surface area contributed by atoms with Crippen LogP contribution in [0.15, 0.2) is 91.0 Å². The zero-order valence-corrected chi connectivity index (χ0v) is 26.9. The van der Waals surface area contributed by atoms with Crippen LogP contribution in [0.2, 0.25) is 25.7 Å². The van der Waals surface area contributed by atoms with E-state index < -0.39 is 20.3 Å². The first-order valence-corrected chi connectivity index (χ1v) is 19.4. The summed E-state index contributed by atoms with van der Waals surface area (Å²) in [6, 6.07) is 31.9. The Labute approximate surface area is 254 Å². The number of benzene rings is 3. The average molecular weight is 590 g/mol. The van der Waals surface area contributed by atoms with Crippen molar-refractivity contribution in [3.05, 3.63) is 108 Å². The summed E-state index contributed by atoms with van der Waals surface area (Å²) >= 11 is 0. The van der Waals surface area contributed by atoms with Gasteiger partial charge in [0.15, 0.2) is 0 Å². The number of rotatable bonds is 17. The number of nitrogens with zero attached hydrogens (tertiary/aromatic N) is 1. The molecule has 1 N–H and O–H groups in total. The molecule has 1 heterocycles. The largest absolute Gasteiger partial charge is 0.389 e. The van der Waals surface area contributed by atoms with Gasteiger partial charge in [-0.15, -0.1) is 0 Å². The van der Waals surface area contributed by atoms with Gasteiger partial charge in [0.2, 0.25) is 0 Å². The van der Waals surface area contributed by atoms with Crippen LogP contribution >= 0.6 is 0 Å². The molecule has 0 bridgehead atoms. The van der Waals surface area contributed by atoms with Crippen LogP contribution in [-0.2, 0) is 34.0 Å². The maximum absolute atomic E-state index is 11.9. The second-order valence-corrected chi connectivity index (χ2v) is 18.5. The van der Waals surface area contributed by atoms with Crippen LogP contribution in [0.25, 0.3) is 0 Å². The van der Waals surface area contributed by atoms with Gasteiger partial charge >= 0.3 is 0 Å². The van der Waals surface area contributed by atoms with Crippen LogP contribution in [0.4, 0.5) is 0 Å². The Balaban J connectivity index is 1.44. The number of ether oxygens (including phenoxy) is 3. The molecule has 42 heavy (non-hydrogen) atoms. The molecule has 0 aromatic heterocycles. The van der Waals surface area contributed by atoms with Gasteiger partial charge in [-0.3, -0.25) is 4.90 Å². The third-order valence-corrected chi connectivity index (χ3v) is 9.95. The maximum Gasteiger partial charge on any atom is 0.113 e. The number of hydrogen-bond donors (Lipinski definition) is 1. The second-order valence-electron chi connectivity index (χ2n) is 12.9. The number of hydrogen-bond acceptors (Lipinski definition) is 5. The van der Waals surface area contributed by atoms with Crippen LogP contribution in [0.1, 0.15) is 42.4 Å². The van der Waals surface area contributed by atoms with E-state index in [0.29, 0.717) is 33.0 Å². The molecule has 1 aliphatic rings. The van der Waals surface area contributed by atoms with Crippen molar-refractivity contribution in [1.29, 1.82) is 0 Å². The summed E-state index contributed by atoms with van der Waals surface area (Å²) in [4.78, 5) is 2.40. The van der Waals surface area contributed by atoms with Gasteiger partial charge in [0.1, 0.15) is 12.2 Å². The van der Waals surface area contributed by atoms with Crippen LogP contribution in [0.5, 0.6) is 0 Å². The zero-order valence-electron chi connectivity index (χ0n) is 25.9. The summed E-state index contributed by atoms with van der Waals surface area (Å²) in [5.74, 6) is 0. The van der Waals surface area contributed by atoms with Gasteiger partial charge in [0.25, 0.3) is 0 Å². The van der Waals surface area contributed by atoms with E-state index in [9.17, 15) is 5.11 Å². The Morgan fingerprint density at radius 3 is 1.79 bits per heavy atom. The number of aliphatic hydroxyl groups is 1. The van der Waals surface area contributed by atoms with E-state index in [1.807, 2.05) is 54.6 Å². The highest BCUT2D eigenvalue weighted by molar-refractivity contribution is 6.76. The summed E-state index contributed by atoms with van der Waals surface area (Å²) < 4.78 is 19.2. The number of piperidine rings is 1. The van der Waals surface area contributed by atoms with Gasteiger partial charge in [-0.1, -0.05) is 136 Å². The normalized spacial score (nSPS) is 21.4. The van der Waals surface area contributed by atoms with Crippen LogP contribution in [0.3, 0.4) is 0 Å². The molecular weight excluding hydrogens is 538 g/mol. The molecule has 1 unspecified atom stereocenters. The van der Waals surface area contributed by atoms with Gasteiger partial charge in [0, 0.05) is 14.6 Å². The predicted molar refractivity (Wildman–Crippen MR) is 174 cm³/mol. The summed E-state index contributed by atoms with van der Waals surface area (Å²) in [7, 11) is -0.990. The summed E-state index contributed by atoms with van der Waals surface area (Å²) in [5, 5.41) is 11.9. The topological polar surface area (TPSA) is 51.2 Å².